The van der Waals surface area contributed by atoms with Crippen LogP contribution in [-0.4, -0.2) is 5.75 Å². The predicted molar refractivity (Wildman–Crippen MR) is 95.1 cm³/mol. The van der Waals surface area contributed by atoms with Crippen molar-refractivity contribution in [2.45, 2.75) is 57.8 Å². The van der Waals surface area contributed by atoms with Crippen molar-refractivity contribution in [2.75, 3.05) is 5.75 Å². The summed E-state index contributed by atoms with van der Waals surface area (Å²) in [6, 6.07) is 0. The lowest BCUT2D eigenvalue weighted by molar-refractivity contribution is 0.579. The number of rotatable bonds is 0. The van der Waals surface area contributed by atoms with Gasteiger partial charge in [-0.05, 0) is 44.3 Å². The Morgan fingerprint density at radius 1 is 0.667 bits per heavy atom. The van der Waals surface area contributed by atoms with Crippen molar-refractivity contribution >= 4 is 41.2 Å². The highest BCUT2D eigenvalue weighted by Crippen LogP contribution is 2.43. The van der Waals surface area contributed by atoms with Gasteiger partial charge >= 0.3 is 0 Å². The molecule has 0 nitrogen and oxygen atoms in total. The Kier molecular flexibility index (Phi) is 13.4. The molecule has 104 valence electrons. The fourth-order valence-electron chi connectivity index (χ4n) is 1.83. The van der Waals surface area contributed by atoms with Crippen molar-refractivity contribution in [1.29, 1.82) is 0 Å². The summed E-state index contributed by atoms with van der Waals surface area (Å²) < 4.78 is 0. The predicted octanol–water partition coefficient (Wildman–Crippen LogP) is 7.26. The van der Waals surface area contributed by atoms with Crippen molar-refractivity contribution < 1.29 is 0 Å². The van der Waals surface area contributed by atoms with Crippen molar-refractivity contribution in [3.63, 3.8) is 0 Å². The zero-order valence-electron chi connectivity index (χ0n) is 11.0. The van der Waals surface area contributed by atoms with Crippen LogP contribution in [0.1, 0.15) is 57.8 Å². The number of hydrogen-bond donors (Lipinski definition) is 0. The molecule has 0 atom stereocenters. The van der Waals surface area contributed by atoms with Crippen LogP contribution >= 0.6 is 41.2 Å². The van der Waals surface area contributed by atoms with Gasteiger partial charge in [0.1, 0.15) is 0 Å². The summed E-state index contributed by atoms with van der Waals surface area (Å²) in [6.07, 6.45) is 19.2. The summed E-state index contributed by atoms with van der Waals surface area (Å²) in [5.74, 6) is 1.31. The Morgan fingerprint density at radius 3 is 2.22 bits per heavy atom. The van der Waals surface area contributed by atoms with Crippen LogP contribution in [0.25, 0.3) is 0 Å². The van der Waals surface area contributed by atoms with Crippen LogP contribution in [-0.2, 0) is 0 Å². The van der Waals surface area contributed by atoms with Gasteiger partial charge in [0.2, 0.25) is 0 Å². The van der Waals surface area contributed by atoms with Crippen LogP contribution in [0.3, 0.4) is 0 Å². The van der Waals surface area contributed by atoms with Gasteiger partial charge in [-0.25, -0.2) is 0 Å². The lowest BCUT2D eigenvalue weighted by Crippen LogP contribution is -1.82. The monoisotopic (exact) mass is 320 g/mol. The summed E-state index contributed by atoms with van der Waals surface area (Å²) in [6.45, 7) is 0. The van der Waals surface area contributed by atoms with Crippen molar-refractivity contribution in [3.05, 3.63) is 23.6 Å². The Morgan fingerprint density at radius 2 is 1.39 bits per heavy atom. The van der Waals surface area contributed by atoms with Crippen LogP contribution < -0.4 is 0 Å². The molecule has 0 fully saturated rings. The smallest absolute Gasteiger partial charge is 0.00454 e. The molecule has 0 unspecified atom stereocenters. The third-order valence-corrected chi connectivity index (χ3v) is 8.90. The Hall–Kier alpha value is 0.880. The molecule has 0 amide bonds. The van der Waals surface area contributed by atoms with Gasteiger partial charge in [-0.2, -0.15) is 0 Å². The molecule has 0 N–H and O–H groups in total. The van der Waals surface area contributed by atoms with E-state index in [2.05, 4.69) is 23.6 Å². The second-order valence-electron chi connectivity index (χ2n) is 4.43. The van der Waals surface area contributed by atoms with Gasteiger partial charge in [-0.1, -0.05) is 78.3 Å². The average Bonchev–Trinajstić information content (AvgIpc) is 2.39. The zero-order valence-corrected chi connectivity index (χ0v) is 14.3. The van der Waals surface area contributed by atoms with E-state index in [0.29, 0.717) is 0 Å². The van der Waals surface area contributed by atoms with E-state index in [4.69, 9.17) is 0 Å². The summed E-state index contributed by atoms with van der Waals surface area (Å²) >= 11 is 0. The van der Waals surface area contributed by atoms with Crippen LogP contribution in [0.15, 0.2) is 23.6 Å². The maximum absolute atomic E-state index is 2.30. The minimum Gasteiger partial charge on any atom is -0.0845 e. The Labute approximate surface area is 128 Å². The molecule has 0 saturated carbocycles. The van der Waals surface area contributed by atoms with Gasteiger partial charge in [0.25, 0.3) is 0 Å². The quantitative estimate of drug-likeness (QED) is 0.430. The SMILES string of the molecule is C1=CCCCCCCCCCCSSSSC=C1. The molecule has 0 saturated heterocycles. The standard InChI is InChI=1S/C14H24S4/c1-2-4-6-8-10-12-14-16-18-17-15-13-11-9-7-5-3-1/h7,9,11,13H,1-6,8,10,12,14H2. The maximum Gasteiger partial charge on any atom is 0.00454 e. The van der Waals surface area contributed by atoms with Gasteiger partial charge < -0.3 is 0 Å². The van der Waals surface area contributed by atoms with Crippen LogP contribution in [0, 0.1) is 0 Å². The second kappa shape index (κ2) is 14.3. The Balaban J connectivity index is 2.13. The molecule has 1 heterocycles. The molecular formula is C14H24S4. The van der Waals surface area contributed by atoms with Gasteiger partial charge in [-0.15, -0.1) is 0 Å². The lowest BCUT2D eigenvalue weighted by atomic mass is 10.1. The van der Waals surface area contributed by atoms with Gasteiger partial charge in [0, 0.05) is 5.75 Å². The first-order valence-electron chi connectivity index (χ1n) is 6.93. The first-order valence-corrected chi connectivity index (χ1v) is 12.0. The minimum absolute atomic E-state index is 1.24. The van der Waals surface area contributed by atoms with Crippen molar-refractivity contribution in [3.8, 4) is 0 Å². The molecule has 0 aromatic heterocycles. The molecule has 18 heavy (non-hydrogen) atoms. The first-order chi connectivity index (χ1) is 9.00. The van der Waals surface area contributed by atoms with Gasteiger partial charge in [-0.3, -0.25) is 0 Å². The summed E-state index contributed by atoms with van der Waals surface area (Å²) in [5.41, 5.74) is 0. The molecule has 0 bridgehead atoms. The molecule has 0 aromatic carbocycles. The molecule has 0 spiro atoms. The third-order valence-electron chi connectivity index (χ3n) is 2.84. The fraction of sp³-hybridized carbons (Fsp3) is 0.714. The van der Waals surface area contributed by atoms with Crippen LogP contribution in [0.4, 0.5) is 0 Å². The zero-order chi connectivity index (χ0) is 12.7. The molecule has 0 aromatic rings. The van der Waals surface area contributed by atoms with E-state index < -0.39 is 0 Å². The van der Waals surface area contributed by atoms with E-state index in [-0.39, 0.29) is 0 Å². The van der Waals surface area contributed by atoms with E-state index in [0.717, 1.165) is 0 Å². The second-order valence-corrected chi connectivity index (χ2v) is 10.4. The van der Waals surface area contributed by atoms with Crippen LogP contribution in [0.2, 0.25) is 0 Å². The molecular weight excluding hydrogens is 296 g/mol. The largest absolute Gasteiger partial charge is 0.0845 e. The number of allylic oxidation sites excluding steroid dienone is 3. The maximum atomic E-state index is 2.30. The van der Waals surface area contributed by atoms with E-state index in [1.807, 2.05) is 41.2 Å². The van der Waals surface area contributed by atoms with Crippen LogP contribution in [0.5, 0.6) is 0 Å². The summed E-state index contributed by atoms with van der Waals surface area (Å²) in [5, 5.41) is 2.18. The normalized spacial score (nSPS) is 22.2. The van der Waals surface area contributed by atoms with E-state index >= 15 is 0 Å². The van der Waals surface area contributed by atoms with E-state index in [1.54, 1.807) is 0 Å². The summed E-state index contributed by atoms with van der Waals surface area (Å²) in [4.78, 5) is 0. The highest BCUT2D eigenvalue weighted by molar-refractivity contribution is 9.26. The molecule has 0 radical (unpaired) electrons. The van der Waals surface area contributed by atoms with E-state index in [1.165, 1.54) is 63.5 Å². The van der Waals surface area contributed by atoms with E-state index in [9.17, 15) is 0 Å². The molecule has 1 aliphatic heterocycles. The first kappa shape index (κ1) is 16.9. The highest BCUT2D eigenvalue weighted by atomic mass is 33.7. The topological polar surface area (TPSA) is 0 Å². The molecule has 1 rings (SSSR count). The van der Waals surface area contributed by atoms with Gasteiger partial charge in [0.15, 0.2) is 0 Å². The van der Waals surface area contributed by atoms with Crippen molar-refractivity contribution in [2.24, 2.45) is 0 Å². The molecule has 4 heteroatoms. The summed E-state index contributed by atoms with van der Waals surface area (Å²) in [7, 11) is 7.62. The third kappa shape index (κ3) is 11.9. The van der Waals surface area contributed by atoms with Crippen molar-refractivity contribution in [1.82, 2.24) is 0 Å². The fourth-order valence-corrected chi connectivity index (χ4v) is 7.18. The minimum atomic E-state index is 1.24. The average molecular weight is 321 g/mol. The Bertz CT molecular complexity index is 202. The lowest BCUT2D eigenvalue weighted by Gasteiger charge is -2.02. The van der Waals surface area contributed by atoms with Gasteiger partial charge in [0.05, 0.1) is 0 Å². The molecule has 1 aliphatic rings. The molecule has 0 aliphatic carbocycles. The highest BCUT2D eigenvalue weighted by Gasteiger charge is 1.94. The number of hydrogen-bond acceptors (Lipinski definition) is 4.